The van der Waals surface area contributed by atoms with Crippen LogP contribution in [0, 0.1) is 0 Å². The van der Waals surface area contributed by atoms with Crippen LogP contribution in [0.1, 0.15) is 13.8 Å². The number of aromatic amines is 1. The molecule has 1 aromatic heterocycles. The summed E-state index contributed by atoms with van der Waals surface area (Å²) in [5.41, 5.74) is 1.97. The van der Waals surface area contributed by atoms with E-state index in [1.807, 2.05) is 38.1 Å². The fraction of sp³-hybridized carbons (Fsp3) is 0.409. The van der Waals surface area contributed by atoms with E-state index < -0.39 is 10.0 Å². The van der Waals surface area contributed by atoms with E-state index in [4.69, 9.17) is 34.8 Å². The molecular formula is C22H26Cl3N5O2S. The number of para-hydroxylation sites is 2. The summed E-state index contributed by atoms with van der Waals surface area (Å²) in [4.78, 5) is 12.5. The lowest BCUT2D eigenvalue weighted by molar-refractivity contribution is 0.225. The monoisotopic (exact) mass is 529 g/mol. The molecule has 1 saturated heterocycles. The Hall–Kier alpha value is -1.55. The number of hydrogen-bond acceptors (Lipinski definition) is 5. The number of nitrogens with zero attached hydrogens (tertiary/aromatic N) is 4. The Balaban J connectivity index is 1.40. The molecule has 178 valence electrons. The lowest BCUT2D eigenvalue weighted by Gasteiger charge is -2.36. The third kappa shape index (κ3) is 5.26. The molecular weight excluding hydrogens is 505 g/mol. The topological polar surface area (TPSA) is 72.5 Å². The quantitative estimate of drug-likeness (QED) is 0.447. The zero-order valence-corrected chi connectivity index (χ0v) is 21.5. The van der Waals surface area contributed by atoms with Crippen molar-refractivity contribution in [2.24, 2.45) is 0 Å². The minimum Gasteiger partial charge on any atom is -0.340 e. The molecule has 0 bridgehead atoms. The van der Waals surface area contributed by atoms with Gasteiger partial charge in [-0.3, -0.25) is 4.90 Å². The van der Waals surface area contributed by atoms with Crippen LogP contribution in [0.5, 0.6) is 0 Å². The van der Waals surface area contributed by atoms with E-state index in [0.29, 0.717) is 13.1 Å². The van der Waals surface area contributed by atoms with Crippen LogP contribution in [0.25, 0.3) is 11.0 Å². The number of fused-ring (bicyclic) bond motifs is 1. The highest BCUT2D eigenvalue weighted by atomic mass is 35.5. The van der Waals surface area contributed by atoms with Crippen molar-refractivity contribution in [2.75, 3.05) is 44.2 Å². The molecule has 33 heavy (non-hydrogen) atoms. The third-order valence-electron chi connectivity index (χ3n) is 5.82. The summed E-state index contributed by atoms with van der Waals surface area (Å²) in [6.45, 7) is 7.92. The molecule has 0 unspecified atom stereocenters. The van der Waals surface area contributed by atoms with Gasteiger partial charge in [0.15, 0.2) is 0 Å². The number of rotatable bonds is 7. The van der Waals surface area contributed by atoms with Crippen molar-refractivity contribution in [3.05, 3.63) is 51.5 Å². The van der Waals surface area contributed by atoms with Crippen molar-refractivity contribution >= 4 is 61.8 Å². The van der Waals surface area contributed by atoms with Gasteiger partial charge in [-0.05, 0) is 38.1 Å². The summed E-state index contributed by atoms with van der Waals surface area (Å²) in [6, 6.07) is 10.4. The van der Waals surface area contributed by atoms with Gasteiger partial charge >= 0.3 is 0 Å². The van der Waals surface area contributed by atoms with E-state index in [2.05, 4.69) is 19.8 Å². The lowest BCUT2D eigenvalue weighted by Crippen LogP contribution is -2.50. The van der Waals surface area contributed by atoms with Crippen LogP contribution in [0.2, 0.25) is 15.1 Å². The molecule has 2 aromatic carbocycles. The van der Waals surface area contributed by atoms with Crippen molar-refractivity contribution in [1.82, 2.24) is 19.2 Å². The number of benzene rings is 2. The van der Waals surface area contributed by atoms with Crippen molar-refractivity contribution in [3.8, 4) is 0 Å². The Morgan fingerprint density at radius 1 is 1.03 bits per heavy atom. The molecule has 1 fully saturated rings. The van der Waals surface area contributed by atoms with Gasteiger partial charge < -0.3 is 9.88 Å². The van der Waals surface area contributed by atoms with Gasteiger partial charge in [0, 0.05) is 45.3 Å². The highest BCUT2D eigenvalue weighted by Gasteiger charge is 2.30. The first-order valence-electron chi connectivity index (χ1n) is 10.8. The first-order chi connectivity index (χ1) is 15.7. The van der Waals surface area contributed by atoms with Crippen molar-refractivity contribution in [1.29, 1.82) is 0 Å². The second-order valence-corrected chi connectivity index (χ2v) is 11.4. The molecule has 0 saturated carbocycles. The second kappa shape index (κ2) is 9.98. The van der Waals surface area contributed by atoms with E-state index in [0.717, 1.165) is 43.2 Å². The molecule has 1 N–H and O–H groups in total. The molecule has 3 aromatic rings. The maximum atomic E-state index is 13.4. The van der Waals surface area contributed by atoms with Gasteiger partial charge in [0.25, 0.3) is 0 Å². The SMILES string of the molecule is CC(C)N(CCN1CCN(c2nc3ccccc3[nH]2)CC1)S(=O)(=O)c1cc(Cl)c(Cl)cc1Cl. The second-order valence-electron chi connectivity index (χ2n) is 8.31. The summed E-state index contributed by atoms with van der Waals surface area (Å²) < 4.78 is 28.2. The smallest absolute Gasteiger partial charge is 0.244 e. The van der Waals surface area contributed by atoms with E-state index in [1.165, 1.54) is 16.4 Å². The van der Waals surface area contributed by atoms with Gasteiger partial charge in [-0.25, -0.2) is 13.4 Å². The van der Waals surface area contributed by atoms with Gasteiger partial charge in [-0.15, -0.1) is 0 Å². The zero-order valence-electron chi connectivity index (χ0n) is 18.4. The van der Waals surface area contributed by atoms with E-state index >= 15 is 0 Å². The lowest BCUT2D eigenvalue weighted by atomic mass is 10.3. The molecule has 4 rings (SSSR count). The Labute approximate surface area is 209 Å². The molecule has 0 atom stereocenters. The number of halogens is 3. The highest BCUT2D eigenvalue weighted by Crippen LogP contribution is 2.33. The van der Waals surface area contributed by atoms with Crippen LogP contribution in [0.3, 0.4) is 0 Å². The van der Waals surface area contributed by atoms with Crippen molar-refractivity contribution in [2.45, 2.75) is 24.8 Å². The summed E-state index contributed by atoms with van der Waals surface area (Å²) in [6.07, 6.45) is 0. The fourth-order valence-corrected chi connectivity index (χ4v) is 6.60. The molecule has 11 heteroatoms. The Morgan fingerprint density at radius 2 is 1.70 bits per heavy atom. The number of nitrogens with one attached hydrogen (secondary N) is 1. The van der Waals surface area contributed by atoms with E-state index in [1.54, 1.807) is 0 Å². The number of H-pyrrole nitrogens is 1. The van der Waals surface area contributed by atoms with Crippen molar-refractivity contribution in [3.63, 3.8) is 0 Å². The van der Waals surface area contributed by atoms with Crippen LogP contribution in [0.4, 0.5) is 5.95 Å². The molecule has 0 amide bonds. The summed E-state index contributed by atoms with van der Waals surface area (Å²) in [5.74, 6) is 0.872. The minimum absolute atomic E-state index is 0.0260. The van der Waals surface area contributed by atoms with Crippen LogP contribution >= 0.6 is 34.8 Å². The zero-order chi connectivity index (χ0) is 23.8. The average molecular weight is 531 g/mol. The fourth-order valence-electron chi connectivity index (χ4n) is 4.00. The molecule has 7 nitrogen and oxygen atoms in total. The van der Waals surface area contributed by atoms with Gasteiger partial charge in [0.05, 0.1) is 26.1 Å². The van der Waals surface area contributed by atoms with Crippen LogP contribution in [-0.4, -0.2) is 72.9 Å². The molecule has 2 heterocycles. The van der Waals surface area contributed by atoms with Crippen LogP contribution in [0.15, 0.2) is 41.3 Å². The Morgan fingerprint density at radius 3 is 2.36 bits per heavy atom. The van der Waals surface area contributed by atoms with Crippen LogP contribution in [-0.2, 0) is 10.0 Å². The van der Waals surface area contributed by atoms with Crippen LogP contribution < -0.4 is 4.90 Å². The number of anilines is 1. The molecule has 0 spiro atoms. The predicted molar refractivity (Wildman–Crippen MR) is 135 cm³/mol. The number of sulfonamides is 1. The summed E-state index contributed by atoms with van der Waals surface area (Å²) in [7, 11) is -3.83. The molecule has 1 aliphatic heterocycles. The van der Waals surface area contributed by atoms with E-state index in [-0.39, 0.29) is 26.0 Å². The first kappa shape index (κ1) is 24.6. The minimum atomic E-state index is -3.83. The molecule has 0 radical (unpaired) electrons. The van der Waals surface area contributed by atoms with Gasteiger partial charge in [-0.1, -0.05) is 46.9 Å². The van der Waals surface area contributed by atoms with Crippen molar-refractivity contribution < 1.29 is 8.42 Å². The summed E-state index contributed by atoms with van der Waals surface area (Å²) in [5, 5.41) is 0.443. The largest absolute Gasteiger partial charge is 0.340 e. The average Bonchev–Trinajstić information content (AvgIpc) is 3.20. The molecule has 1 aliphatic rings. The molecule has 0 aliphatic carbocycles. The normalized spacial score (nSPS) is 15.8. The number of aromatic nitrogens is 2. The maximum absolute atomic E-state index is 13.4. The number of imidazole rings is 1. The van der Waals surface area contributed by atoms with E-state index in [9.17, 15) is 8.42 Å². The standard InChI is InChI=1S/C22H26Cl3N5O2S/c1-15(2)30(33(31,32)21-14-17(24)16(23)13-18(21)25)12-9-28-7-10-29(11-8-28)22-26-19-5-3-4-6-20(19)27-22/h3-6,13-15H,7-12H2,1-2H3,(H,26,27). The van der Waals surface area contributed by atoms with Gasteiger partial charge in [0.1, 0.15) is 4.90 Å². The first-order valence-corrected chi connectivity index (χ1v) is 13.3. The maximum Gasteiger partial charge on any atom is 0.244 e. The van der Waals surface area contributed by atoms with Gasteiger partial charge in [0.2, 0.25) is 16.0 Å². The number of hydrogen-bond donors (Lipinski definition) is 1. The number of piperazine rings is 1. The summed E-state index contributed by atoms with van der Waals surface area (Å²) >= 11 is 18.3. The Bertz CT molecular complexity index is 1210. The predicted octanol–water partition coefficient (Wildman–Crippen LogP) is 4.74. The van der Waals surface area contributed by atoms with Gasteiger partial charge in [-0.2, -0.15) is 4.31 Å². The highest BCUT2D eigenvalue weighted by molar-refractivity contribution is 7.89. The Kier molecular flexibility index (Phi) is 7.43. The third-order valence-corrected chi connectivity index (χ3v) is 9.08.